The Kier molecular flexibility index (Phi) is 17.9. The smallest absolute Gasteiger partial charge is 0.358 e. The van der Waals surface area contributed by atoms with Gasteiger partial charge in [-0.1, -0.05) is 90.8 Å². The molecule has 0 radical (unpaired) electrons. The molecule has 0 aliphatic heterocycles. The van der Waals surface area contributed by atoms with Crippen molar-refractivity contribution >= 4 is 6.08 Å². The van der Waals surface area contributed by atoms with Crippen LogP contribution in [-0.4, -0.2) is 0 Å². The largest absolute Gasteiger partial charge is 4.00 e. The fourth-order valence-corrected chi connectivity index (χ4v) is 6.10. The molecule has 0 bridgehead atoms. The van der Waals surface area contributed by atoms with Crippen molar-refractivity contribution in [3.05, 3.63) is 71.2 Å². The van der Waals surface area contributed by atoms with Gasteiger partial charge >= 0.3 is 25.8 Å². The van der Waals surface area contributed by atoms with Crippen molar-refractivity contribution < 1.29 is 25.8 Å². The van der Waals surface area contributed by atoms with E-state index in [1.54, 1.807) is 5.56 Å². The number of hydrogen-bond donors (Lipinski definition) is 0. The monoisotopic (exact) mass is 592 g/mol. The van der Waals surface area contributed by atoms with Gasteiger partial charge in [0.05, 0.1) is 0 Å². The maximum atomic E-state index is 2.46. The van der Waals surface area contributed by atoms with Crippen LogP contribution >= 0.6 is 0 Å². The van der Waals surface area contributed by atoms with E-state index in [0.717, 1.165) is 47.3 Å². The number of benzene rings is 1. The zero-order valence-electron chi connectivity index (χ0n) is 22.4. The van der Waals surface area contributed by atoms with Crippen LogP contribution in [0.4, 0.5) is 0 Å². The predicted molar refractivity (Wildman–Crippen MR) is 141 cm³/mol. The number of fused-ring (bicyclic) bond motifs is 3. The fraction of sp³-hybridized carbons (Fsp3) is 0.600. The van der Waals surface area contributed by atoms with Crippen LogP contribution in [0.15, 0.2) is 30.3 Å². The van der Waals surface area contributed by atoms with Gasteiger partial charge in [-0.25, -0.2) is 0 Å². The van der Waals surface area contributed by atoms with Gasteiger partial charge in [0.15, 0.2) is 0 Å². The maximum Gasteiger partial charge on any atom is 4.00 e. The van der Waals surface area contributed by atoms with Crippen molar-refractivity contribution in [2.24, 2.45) is 41.4 Å². The first-order valence-electron chi connectivity index (χ1n) is 11.2. The van der Waals surface area contributed by atoms with Crippen molar-refractivity contribution in [3.63, 3.8) is 0 Å². The molecule has 1 aromatic rings. The molecule has 3 aliphatic carbocycles. The van der Waals surface area contributed by atoms with E-state index >= 15 is 0 Å². The average Bonchev–Trinajstić information content (AvgIpc) is 3.15. The maximum absolute atomic E-state index is 2.46. The number of hydrogen-bond acceptors (Lipinski definition) is 0. The minimum Gasteiger partial charge on any atom is -0.358 e. The summed E-state index contributed by atoms with van der Waals surface area (Å²) in [5.74, 6) is 7.25. The summed E-state index contributed by atoms with van der Waals surface area (Å²) in [4.78, 5) is 0. The Morgan fingerprint density at radius 3 is 1.71 bits per heavy atom. The molecular formula is C30H52Hf. The summed E-state index contributed by atoms with van der Waals surface area (Å²) in [7, 11) is 0. The van der Waals surface area contributed by atoms with Gasteiger partial charge in [-0.2, -0.15) is 0 Å². The molecule has 176 valence electrons. The quantitative estimate of drug-likeness (QED) is 0.238. The first-order chi connectivity index (χ1) is 12.5. The molecule has 3 aliphatic rings. The van der Waals surface area contributed by atoms with Gasteiger partial charge in [-0.15, -0.1) is 0 Å². The van der Waals surface area contributed by atoms with E-state index in [1.165, 1.54) is 31.2 Å². The van der Waals surface area contributed by atoms with Crippen molar-refractivity contribution in [1.29, 1.82) is 0 Å². The summed E-state index contributed by atoms with van der Waals surface area (Å²) in [6, 6.07) is 8.98. The summed E-state index contributed by atoms with van der Waals surface area (Å²) in [6.07, 6.45) is 10.4. The second-order valence-electron chi connectivity index (χ2n) is 9.60. The third-order valence-electron chi connectivity index (χ3n) is 8.52. The van der Waals surface area contributed by atoms with Crippen LogP contribution in [-0.2, 0) is 25.8 Å². The van der Waals surface area contributed by atoms with E-state index in [0.29, 0.717) is 0 Å². The zero-order valence-corrected chi connectivity index (χ0v) is 26.0. The molecule has 3 unspecified atom stereocenters. The van der Waals surface area contributed by atoms with Crippen molar-refractivity contribution in [1.82, 2.24) is 0 Å². The fourth-order valence-electron chi connectivity index (χ4n) is 6.10. The van der Waals surface area contributed by atoms with Crippen LogP contribution in [0.5, 0.6) is 0 Å². The first-order valence-corrected chi connectivity index (χ1v) is 11.2. The Bertz CT molecular complexity index is 574. The third kappa shape index (κ3) is 7.41. The summed E-state index contributed by atoms with van der Waals surface area (Å²) < 4.78 is 0. The van der Waals surface area contributed by atoms with Crippen molar-refractivity contribution in [2.45, 2.75) is 73.1 Å². The zero-order chi connectivity index (χ0) is 18.8. The first kappa shape index (κ1) is 35.4. The third-order valence-corrected chi connectivity index (χ3v) is 8.52. The molecular weight excluding hydrogens is 539 g/mol. The van der Waals surface area contributed by atoms with E-state index in [4.69, 9.17) is 0 Å². The standard InChI is InChI=1S/C16H20.C10H20.4CH3.Hf/c1-2-5-13-10-11-14-9-8-12-6-3-4-7-15(12)16(13)14;1-6-7(2)9(4)10(5)8(6)3;;;;;/h3-4,6-9,13-14,16H,2,5,10-11H2,1H3;6-10H,1-5H3;4*1H3;/q;;4*-1;+4. The van der Waals surface area contributed by atoms with Gasteiger partial charge in [0.25, 0.3) is 0 Å². The molecule has 0 N–H and O–H groups in total. The van der Waals surface area contributed by atoms with Crippen LogP contribution in [0.1, 0.15) is 84.3 Å². The second-order valence-corrected chi connectivity index (χ2v) is 9.60. The summed E-state index contributed by atoms with van der Waals surface area (Å²) in [6.45, 7) is 14.3. The molecule has 31 heavy (non-hydrogen) atoms. The topological polar surface area (TPSA) is 0 Å². The van der Waals surface area contributed by atoms with E-state index in [9.17, 15) is 0 Å². The molecule has 0 aromatic heterocycles. The predicted octanol–water partition coefficient (Wildman–Crippen LogP) is 9.60. The van der Waals surface area contributed by atoms with Gasteiger partial charge < -0.3 is 29.7 Å². The van der Waals surface area contributed by atoms with Crippen molar-refractivity contribution in [2.75, 3.05) is 0 Å². The van der Waals surface area contributed by atoms with E-state index < -0.39 is 0 Å². The molecule has 0 spiro atoms. The molecule has 2 fully saturated rings. The minimum atomic E-state index is 0. The second kappa shape index (κ2) is 15.6. The van der Waals surface area contributed by atoms with E-state index in [1.807, 2.05) is 0 Å². The molecule has 0 amide bonds. The molecule has 1 aromatic carbocycles. The molecule has 3 atom stereocenters. The Morgan fingerprint density at radius 1 is 0.742 bits per heavy atom. The molecule has 2 saturated carbocycles. The summed E-state index contributed by atoms with van der Waals surface area (Å²) >= 11 is 0. The minimum absolute atomic E-state index is 0. The van der Waals surface area contributed by atoms with Crippen LogP contribution in [0.2, 0.25) is 0 Å². The van der Waals surface area contributed by atoms with E-state index in [2.05, 4.69) is 78.0 Å². The van der Waals surface area contributed by atoms with Crippen molar-refractivity contribution in [3.8, 4) is 0 Å². The van der Waals surface area contributed by atoms with Gasteiger partial charge in [0.2, 0.25) is 0 Å². The average molecular weight is 591 g/mol. The summed E-state index contributed by atoms with van der Waals surface area (Å²) in [5.41, 5.74) is 3.08. The molecule has 0 nitrogen and oxygen atoms in total. The Balaban J connectivity index is -0.000000469. The van der Waals surface area contributed by atoms with Gasteiger partial charge in [-0.05, 0) is 71.3 Å². The van der Waals surface area contributed by atoms with Crippen LogP contribution in [0.25, 0.3) is 6.08 Å². The molecule has 0 saturated heterocycles. The number of allylic oxidation sites excluding steroid dienone is 1. The molecule has 4 rings (SSSR count). The van der Waals surface area contributed by atoms with Gasteiger partial charge in [0, 0.05) is 0 Å². The normalized spacial score (nSPS) is 34.0. The molecule has 1 heteroatoms. The number of rotatable bonds is 2. The Labute approximate surface area is 216 Å². The Hall–Kier alpha value is -0.170. The summed E-state index contributed by atoms with van der Waals surface area (Å²) in [5, 5.41) is 0. The van der Waals surface area contributed by atoms with E-state index in [-0.39, 0.29) is 55.5 Å². The van der Waals surface area contributed by atoms with Gasteiger partial charge in [-0.3, -0.25) is 0 Å². The SMILES string of the molecule is CC1C(C)C(C)C(C)C1C.CCCC1CCC2C=Cc3ccccc3C21.[CH3-].[CH3-].[CH3-].[CH3-].[Hf+4]. The molecule has 0 heterocycles. The van der Waals surface area contributed by atoms with Crippen LogP contribution in [0.3, 0.4) is 0 Å². The van der Waals surface area contributed by atoms with Gasteiger partial charge in [0.1, 0.15) is 0 Å². The Morgan fingerprint density at radius 2 is 1.23 bits per heavy atom. The van der Waals surface area contributed by atoms with Crippen LogP contribution in [0, 0.1) is 71.1 Å². The van der Waals surface area contributed by atoms with Crippen LogP contribution < -0.4 is 0 Å².